The standard InChI is InChI=1S/C19H15NO4/c1-23-14-5-2-12-9-17(24-16(12)10-14)19(22)13-3-6-15-11(8-13)4-7-18(21)20-15/h2-3,5-6,8-10H,4,7H2,1H3,(H,20,21). The molecule has 0 atom stereocenters. The lowest BCUT2D eigenvalue weighted by Crippen LogP contribution is -2.19. The van der Waals surface area contributed by atoms with Gasteiger partial charge in [-0.2, -0.15) is 0 Å². The molecule has 1 aromatic heterocycles. The Morgan fingerprint density at radius 2 is 2.00 bits per heavy atom. The molecule has 1 amide bonds. The Hall–Kier alpha value is -3.08. The van der Waals surface area contributed by atoms with Gasteiger partial charge in [-0.25, -0.2) is 0 Å². The van der Waals surface area contributed by atoms with E-state index in [1.54, 1.807) is 31.4 Å². The van der Waals surface area contributed by atoms with Crippen LogP contribution in [0.5, 0.6) is 5.75 Å². The van der Waals surface area contributed by atoms with Crippen molar-refractivity contribution in [1.82, 2.24) is 0 Å². The van der Waals surface area contributed by atoms with Gasteiger partial charge in [0, 0.05) is 29.1 Å². The average molecular weight is 321 g/mol. The fraction of sp³-hybridized carbons (Fsp3) is 0.158. The van der Waals surface area contributed by atoms with E-state index in [-0.39, 0.29) is 17.5 Å². The van der Waals surface area contributed by atoms with Crippen LogP contribution in [0.25, 0.3) is 11.0 Å². The molecule has 3 aromatic rings. The summed E-state index contributed by atoms with van der Waals surface area (Å²) in [7, 11) is 1.59. The summed E-state index contributed by atoms with van der Waals surface area (Å²) in [6.45, 7) is 0. The van der Waals surface area contributed by atoms with Crippen molar-refractivity contribution in [3.05, 3.63) is 59.4 Å². The zero-order valence-electron chi connectivity index (χ0n) is 13.1. The van der Waals surface area contributed by atoms with Gasteiger partial charge in [-0.15, -0.1) is 0 Å². The predicted octanol–water partition coefficient (Wildman–Crippen LogP) is 3.56. The average Bonchev–Trinajstić information content (AvgIpc) is 3.03. The molecule has 120 valence electrons. The van der Waals surface area contributed by atoms with E-state index in [2.05, 4.69) is 5.32 Å². The van der Waals surface area contributed by atoms with E-state index in [1.807, 2.05) is 18.2 Å². The topological polar surface area (TPSA) is 68.5 Å². The van der Waals surface area contributed by atoms with Crippen molar-refractivity contribution >= 4 is 28.3 Å². The van der Waals surface area contributed by atoms with Crippen LogP contribution in [0, 0.1) is 0 Å². The molecule has 0 unspecified atom stereocenters. The van der Waals surface area contributed by atoms with E-state index >= 15 is 0 Å². The molecule has 2 heterocycles. The van der Waals surface area contributed by atoms with Crippen molar-refractivity contribution in [3.63, 3.8) is 0 Å². The Bertz CT molecular complexity index is 971. The molecule has 0 saturated heterocycles. The number of anilines is 1. The molecular weight excluding hydrogens is 306 g/mol. The summed E-state index contributed by atoms with van der Waals surface area (Å²) in [4.78, 5) is 24.1. The zero-order valence-corrected chi connectivity index (χ0v) is 13.1. The maximum atomic E-state index is 12.7. The highest BCUT2D eigenvalue weighted by Crippen LogP contribution is 2.28. The minimum Gasteiger partial charge on any atom is -0.497 e. The van der Waals surface area contributed by atoms with Gasteiger partial charge in [-0.1, -0.05) is 0 Å². The molecule has 5 heteroatoms. The van der Waals surface area contributed by atoms with Gasteiger partial charge in [0.1, 0.15) is 11.3 Å². The van der Waals surface area contributed by atoms with Gasteiger partial charge >= 0.3 is 0 Å². The van der Waals surface area contributed by atoms with Crippen LogP contribution in [0.2, 0.25) is 0 Å². The van der Waals surface area contributed by atoms with Crippen molar-refractivity contribution in [1.29, 1.82) is 0 Å². The number of aryl methyl sites for hydroxylation is 1. The van der Waals surface area contributed by atoms with Crippen LogP contribution in [0.3, 0.4) is 0 Å². The summed E-state index contributed by atoms with van der Waals surface area (Å²) < 4.78 is 10.9. The first-order valence-electron chi connectivity index (χ1n) is 7.69. The van der Waals surface area contributed by atoms with Crippen LogP contribution in [-0.4, -0.2) is 18.8 Å². The summed E-state index contributed by atoms with van der Waals surface area (Å²) in [6, 6.07) is 12.5. The van der Waals surface area contributed by atoms with Crippen LogP contribution in [0.15, 0.2) is 46.9 Å². The summed E-state index contributed by atoms with van der Waals surface area (Å²) >= 11 is 0. The highest BCUT2D eigenvalue weighted by molar-refractivity contribution is 6.09. The Labute approximate surface area is 138 Å². The van der Waals surface area contributed by atoms with E-state index < -0.39 is 0 Å². The highest BCUT2D eigenvalue weighted by Gasteiger charge is 2.19. The molecule has 1 aliphatic heterocycles. The molecule has 1 N–H and O–H groups in total. The maximum Gasteiger partial charge on any atom is 0.228 e. The molecule has 24 heavy (non-hydrogen) atoms. The largest absolute Gasteiger partial charge is 0.497 e. The van der Waals surface area contributed by atoms with Crippen LogP contribution in [0.1, 0.15) is 28.1 Å². The summed E-state index contributed by atoms with van der Waals surface area (Å²) in [5.41, 5.74) is 2.91. The van der Waals surface area contributed by atoms with Gasteiger partial charge < -0.3 is 14.5 Å². The van der Waals surface area contributed by atoms with Gasteiger partial charge in [-0.3, -0.25) is 9.59 Å². The molecule has 5 nitrogen and oxygen atoms in total. The van der Waals surface area contributed by atoms with Crippen LogP contribution >= 0.6 is 0 Å². The molecule has 0 fully saturated rings. The molecule has 2 aromatic carbocycles. The first-order chi connectivity index (χ1) is 11.6. The molecule has 0 saturated carbocycles. The number of carbonyl (C=O) groups excluding carboxylic acids is 2. The van der Waals surface area contributed by atoms with E-state index in [1.165, 1.54) is 0 Å². The molecule has 1 aliphatic rings. The lowest BCUT2D eigenvalue weighted by molar-refractivity contribution is -0.116. The molecule has 0 spiro atoms. The van der Waals surface area contributed by atoms with E-state index in [4.69, 9.17) is 9.15 Å². The number of hydrogen-bond donors (Lipinski definition) is 1. The lowest BCUT2D eigenvalue weighted by atomic mass is 9.98. The van der Waals surface area contributed by atoms with Gasteiger partial charge in [-0.05, 0) is 48.4 Å². The van der Waals surface area contributed by atoms with E-state index in [9.17, 15) is 9.59 Å². The Balaban J connectivity index is 1.69. The maximum absolute atomic E-state index is 12.7. The number of rotatable bonds is 3. The van der Waals surface area contributed by atoms with E-state index in [0.717, 1.165) is 16.6 Å². The van der Waals surface area contributed by atoms with Gasteiger partial charge in [0.2, 0.25) is 11.7 Å². The van der Waals surface area contributed by atoms with Crippen molar-refractivity contribution < 1.29 is 18.7 Å². The predicted molar refractivity (Wildman–Crippen MR) is 89.6 cm³/mol. The number of furan rings is 1. The SMILES string of the molecule is COc1ccc2cc(C(=O)c3ccc4c(c3)CCC(=O)N4)oc2c1. The van der Waals surface area contributed by atoms with Crippen LogP contribution < -0.4 is 10.1 Å². The molecular formula is C19H15NO4. The molecule has 0 radical (unpaired) electrons. The molecule has 0 bridgehead atoms. The summed E-state index contributed by atoms with van der Waals surface area (Å²) in [5.74, 6) is 0.802. The van der Waals surface area contributed by atoms with Crippen molar-refractivity contribution in [3.8, 4) is 5.75 Å². The highest BCUT2D eigenvalue weighted by atomic mass is 16.5. The Morgan fingerprint density at radius 1 is 1.12 bits per heavy atom. The minimum absolute atomic E-state index is 0.00723. The fourth-order valence-electron chi connectivity index (χ4n) is 2.92. The second-order valence-corrected chi connectivity index (χ2v) is 5.76. The lowest BCUT2D eigenvalue weighted by Gasteiger charge is -2.17. The first-order valence-corrected chi connectivity index (χ1v) is 7.69. The number of methoxy groups -OCH3 is 1. The number of hydrogen-bond acceptors (Lipinski definition) is 4. The third-order valence-corrected chi connectivity index (χ3v) is 4.21. The van der Waals surface area contributed by atoms with Gasteiger partial charge in [0.05, 0.1) is 7.11 Å². The quantitative estimate of drug-likeness (QED) is 0.749. The smallest absolute Gasteiger partial charge is 0.228 e. The van der Waals surface area contributed by atoms with Gasteiger partial charge in [0.25, 0.3) is 0 Å². The Kier molecular flexibility index (Phi) is 3.34. The number of nitrogens with one attached hydrogen (secondary N) is 1. The second kappa shape index (κ2) is 5.53. The summed E-state index contributed by atoms with van der Waals surface area (Å²) in [6.07, 6.45) is 1.08. The first kappa shape index (κ1) is 14.5. The molecule has 4 rings (SSSR count). The number of carbonyl (C=O) groups is 2. The monoisotopic (exact) mass is 321 g/mol. The fourth-order valence-corrected chi connectivity index (χ4v) is 2.92. The summed E-state index contributed by atoms with van der Waals surface area (Å²) in [5, 5.41) is 3.66. The number of amides is 1. The van der Waals surface area contributed by atoms with E-state index in [0.29, 0.717) is 29.7 Å². The zero-order chi connectivity index (χ0) is 16.7. The number of ketones is 1. The number of ether oxygens (including phenoxy) is 1. The van der Waals surface area contributed by atoms with Crippen molar-refractivity contribution in [2.45, 2.75) is 12.8 Å². The van der Waals surface area contributed by atoms with Crippen LogP contribution in [-0.2, 0) is 11.2 Å². The number of fused-ring (bicyclic) bond motifs is 2. The third kappa shape index (κ3) is 2.44. The van der Waals surface area contributed by atoms with Crippen molar-refractivity contribution in [2.75, 3.05) is 12.4 Å². The second-order valence-electron chi connectivity index (χ2n) is 5.76. The van der Waals surface area contributed by atoms with Crippen LogP contribution in [0.4, 0.5) is 5.69 Å². The Morgan fingerprint density at radius 3 is 2.83 bits per heavy atom. The minimum atomic E-state index is -0.176. The number of benzene rings is 2. The van der Waals surface area contributed by atoms with Gasteiger partial charge in [0.15, 0.2) is 5.76 Å². The van der Waals surface area contributed by atoms with Crippen molar-refractivity contribution in [2.24, 2.45) is 0 Å². The molecule has 0 aliphatic carbocycles. The normalized spacial score (nSPS) is 13.5. The third-order valence-electron chi connectivity index (χ3n) is 4.21.